The lowest BCUT2D eigenvalue weighted by atomic mass is 10.1. The van der Waals surface area contributed by atoms with Crippen LogP contribution >= 0.6 is 0 Å². The minimum atomic E-state index is -1.01. The summed E-state index contributed by atoms with van der Waals surface area (Å²) in [5.74, 6) is -0.568. The van der Waals surface area contributed by atoms with Gasteiger partial charge in [-0.1, -0.05) is 0 Å². The summed E-state index contributed by atoms with van der Waals surface area (Å²) in [6.45, 7) is 2.55. The van der Waals surface area contributed by atoms with E-state index >= 15 is 0 Å². The minimum absolute atomic E-state index is 0.133. The van der Waals surface area contributed by atoms with Crippen LogP contribution in [0.25, 0.3) is 0 Å². The highest BCUT2D eigenvalue weighted by molar-refractivity contribution is 5.95. The van der Waals surface area contributed by atoms with Crippen LogP contribution in [0.5, 0.6) is 0 Å². The number of nitrogen functional groups attached to an aromatic ring is 1. The topological polar surface area (TPSA) is 95.6 Å². The lowest BCUT2D eigenvalue weighted by Crippen LogP contribution is -2.13. The van der Waals surface area contributed by atoms with Gasteiger partial charge in [0.2, 0.25) is 0 Å². The zero-order valence-corrected chi connectivity index (χ0v) is 11.0. The first-order chi connectivity index (χ1) is 8.97. The zero-order valence-electron chi connectivity index (χ0n) is 11.0. The maximum atomic E-state index is 11.1. The van der Waals surface area contributed by atoms with E-state index in [4.69, 9.17) is 10.8 Å². The molecule has 1 saturated carbocycles. The van der Waals surface area contributed by atoms with Gasteiger partial charge in [0.15, 0.2) is 0 Å². The molecular weight excluding hydrogens is 244 g/mol. The predicted molar refractivity (Wildman–Crippen MR) is 74.4 cm³/mol. The molecule has 1 aromatic rings. The molecule has 0 saturated heterocycles. The summed E-state index contributed by atoms with van der Waals surface area (Å²) in [5, 5.41) is 21.8. The number of aryl methyl sites for hydroxylation is 1. The summed E-state index contributed by atoms with van der Waals surface area (Å²) >= 11 is 0. The number of anilines is 2. The molecule has 5 nitrogen and oxygen atoms in total. The molecule has 1 aliphatic rings. The third-order valence-corrected chi connectivity index (χ3v) is 3.73. The van der Waals surface area contributed by atoms with Crippen molar-refractivity contribution in [1.82, 2.24) is 0 Å². The molecule has 0 aliphatic heterocycles. The number of nitrogens with two attached hydrogens (primary N) is 1. The fraction of sp³-hybridized carbons (Fsp3) is 0.500. The van der Waals surface area contributed by atoms with Crippen molar-refractivity contribution in [3.05, 3.63) is 23.3 Å². The molecule has 0 radical (unpaired) electrons. The summed E-state index contributed by atoms with van der Waals surface area (Å²) in [7, 11) is 0. The number of hydrogen-bond acceptors (Lipinski definition) is 4. The number of aromatic carboxylic acids is 1. The van der Waals surface area contributed by atoms with Gasteiger partial charge in [-0.15, -0.1) is 0 Å². The lowest BCUT2D eigenvalue weighted by Gasteiger charge is -2.14. The molecular formula is C14H20N2O3. The smallest absolute Gasteiger partial charge is 0.337 e. The van der Waals surface area contributed by atoms with E-state index in [1.54, 1.807) is 13.0 Å². The first-order valence-electron chi connectivity index (χ1n) is 6.52. The van der Waals surface area contributed by atoms with Crippen LogP contribution in [0.4, 0.5) is 11.4 Å². The highest BCUT2D eigenvalue weighted by Gasteiger charge is 2.22. The summed E-state index contributed by atoms with van der Waals surface area (Å²) < 4.78 is 0. The number of carboxylic acids is 1. The first kappa shape index (κ1) is 13.7. The second-order valence-electron chi connectivity index (χ2n) is 5.27. The summed E-state index contributed by atoms with van der Waals surface area (Å²) in [6.07, 6.45) is 2.49. The van der Waals surface area contributed by atoms with Gasteiger partial charge in [-0.25, -0.2) is 4.79 Å². The van der Waals surface area contributed by atoms with Crippen molar-refractivity contribution in [2.75, 3.05) is 17.6 Å². The molecule has 0 bridgehead atoms. The average Bonchev–Trinajstić information content (AvgIpc) is 2.76. The Bertz CT molecular complexity index is 488. The summed E-state index contributed by atoms with van der Waals surface area (Å²) in [4.78, 5) is 11.1. The summed E-state index contributed by atoms with van der Waals surface area (Å²) in [6, 6.07) is 3.42. The Labute approximate surface area is 112 Å². The molecule has 5 N–H and O–H groups in total. The molecule has 2 atom stereocenters. The predicted octanol–water partition coefficient (Wildman–Crippen LogP) is 1.85. The van der Waals surface area contributed by atoms with Crippen molar-refractivity contribution in [3.8, 4) is 0 Å². The van der Waals surface area contributed by atoms with Crippen molar-refractivity contribution in [1.29, 1.82) is 0 Å². The number of nitrogens with one attached hydrogen (secondary N) is 1. The first-order valence-corrected chi connectivity index (χ1v) is 6.52. The van der Waals surface area contributed by atoms with E-state index in [2.05, 4.69) is 5.32 Å². The van der Waals surface area contributed by atoms with Gasteiger partial charge in [0.1, 0.15) is 0 Å². The quantitative estimate of drug-likeness (QED) is 0.622. The monoisotopic (exact) mass is 264 g/mol. The molecule has 2 unspecified atom stereocenters. The fourth-order valence-electron chi connectivity index (χ4n) is 2.57. The van der Waals surface area contributed by atoms with Crippen LogP contribution in [-0.2, 0) is 0 Å². The van der Waals surface area contributed by atoms with Crippen molar-refractivity contribution in [3.63, 3.8) is 0 Å². The van der Waals surface area contributed by atoms with E-state index in [9.17, 15) is 9.90 Å². The maximum absolute atomic E-state index is 11.1. The van der Waals surface area contributed by atoms with Gasteiger partial charge in [0.25, 0.3) is 0 Å². The maximum Gasteiger partial charge on any atom is 0.337 e. The number of aliphatic hydroxyl groups is 1. The van der Waals surface area contributed by atoms with Crippen molar-refractivity contribution < 1.29 is 15.0 Å². The van der Waals surface area contributed by atoms with Crippen LogP contribution in [0.15, 0.2) is 12.1 Å². The van der Waals surface area contributed by atoms with E-state index in [0.717, 1.165) is 37.1 Å². The Morgan fingerprint density at radius 2 is 2.21 bits per heavy atom. The van der Waals surface area contributed by atoms with Crippen molar-refractivity contribution >= 4 is 17.3 Å². The molecule has 0 aromatic heterocycles. The molecule has 2 rings (SSSR count). The van der Waals surface area contributed by atoms with E-state index in [0.29, 0.717) is 11.6 Å². The molecule has 19 heavy (non-hydrogen) atoms. The van der Waals surface area contributed by atoms with Gasteiger partial charge in [-0.3, -0.25) is 0 Å². The molecule has 0 spiro atoms. The standard InChI is InChI=1S/C14H20N2O3/c1-8-4-10(6-12(13(8)15)14(18)19)16-7-9-2-3-11(17)5-9/h4,6,9,11,16-17H,2-3,5,7,15H2,1H3,(H,18,19). The number of hydrogen-bond donors (Lipinski definition) is 4. The van der Waals surface area contributed by atoms with Gasteiger partial charge < -0.3 is 21.3 Å². The molecule has 1 fully saturated rings. The van der Waals surface area contributed by atoms with Gasteiger partial charge in [-0.05, 0) is 49.8 Å². The highest BCUT2D eigenvalue weighted by atomic mass is 16.4. The van der Waals surface area contributed by atoms with Crippen molar-refractivity contribution in [2.24, 2.45) is 5.92 Å². The number of aliphatic hydroxyl groups excluding tert-OH is 1. The average molecular weight is 264 g/mol. The van der Waals surface area contributed by atoms with Gasteiger partial charge in [0.05, 0.1) is 11.7 Å². The second-order valence-corrected chi connectivity index (χ2v) is 5.27. The van der Waals surface area contributed by atoms with Gasteiger partial charge >= 0.3 is 5.97 Å². The van der Waals surface area contributed by atoms with Crippen LogP contribution in [0.2, 0.25) is 0 Å². The van der Waals surface area contributed by atoms with Crippen LogP contribution < -0.4 is 11.1 Å². The number of rotatable bonds is 4. The van der Waals surface area contributed by atoms with E-state index in [-0.39, 0.29) is 11.7 Å². The lowest BCUT2D eigenvalue weighted by molar-refractivity contribution is 0.0698. The number of carbonyl (C=O) groups is 1. The zero-order chi connectivity index (χ0) is 14.0. The van der Waals surface area contributed by atoms with Crippen molar-refractivity contribution in [2.45, 2.75) is 32.3 Å². The second kappa shape index (κ2) is 5.48. The van der Waals surface area contributed by atoms with E-state index < -0.39 is 5.97 Å². The molecule has 5 heteroatoms. The minimum Gasteiger partial charge on any atom is -0.478 e. The number of benzene rings is 1. The Balaban J connectivity index is 2.06. The molecule has 1 aliphatic carbocycles. The molecule has 1 aromatic carbocycles. The van der Waals surface area contributed by atoms with Crippen LogP contribution in [-0.4, -0.2) is 28.8 Å². The third-order valence-electron chi connectivity index (χ3n) is 3.73. The fourth-order valence-corrected chi connectivity index (χ4v) is 2.57. The highest BCUT2D eigenvalue weighted by Crippen LogP contribution is 2.27. The molecule has 0 heterocycles. The summed E-state index contributed by atoms with van der Waals surface area (Å²) in [5.41, 5.74) is 7.72. The largest absolute Gasteiger partial charge is 0.478 e. The Morgan fingerprint density at radius 1 is 1.47 bits per heavy atom. The van der Waals surface area contributed by atoms with Crippen LogP contribution in [0.3, 0.4) is 0 Å². The Kier molecular flexibility index (Phi) is 3.95. The van der Waals surface area contributed by atoms with E-state index in [1.807, 2.05) is 6.07 Å². The molecule has 104 valence electrons. The normalized spacial score (nSPS) is 22.4. The Hall–Kier alpha value is -1.75. The SMILES string of the molecule is Cc1cc(NCC2CCC(O)C2)cc(C(=O)O)c1N. The van der Waals surface area contributed by atoms with Crippen LogP contribution in [0, 0.1) is 12.8 Å². The van der Waals surface area contributed by atoms with Gasteiger partial charge in [0, 0.05) is 17.9 Å². The van der Waals surface area contributed by atoms with Crippen LogP contribution in [0.1, 0.15) is 35.2 Å². The third kappa shape index (κ3) is 3.17. The molecule has 0 amide bonds. The van der Waals surface area contributed by atoms with E-state index in [1.165, 1.54) is 0 Å². The number of carboxylic acid groups (broad SMARTS) is 1. The Morgan fingerprint density at radius 3 is 2.79 bits per heavy atom. The van der Waals surface area contributed by atoms with Gasteiger partial charge in [-0.2, -0.15) is 0 Å².